The van der Waals surface area contributed by atoms with Gasteiger partial charge in [-0.1, -0.05) is 18.2 Å². The largest absolute Gasteiger partial charge is 0.371 e. The quantitative estimate of drug-likeness (QED) is 0.231. The van der Waals surface area contributed by atoms with Gasteiger partial charge in [-0.25, -0.2) is 4.39 Å². The van der Waals surface area contributed by atoms with E-state index in [1.807, 2.05) is 6.07 Å². The first-order valence-corrected chi connectivity index (χ1v) is 10.9. The molecule has 3 aromatic rings. The number of halogens is 1. The van der Waals surface area contributed by atoms with Crippen molar-refractivity contribution in [2.45, 2.75) is 19.4 Å². The van der Waals surface area contributed by atoms with Crippen molar-refractivity contribution in [1.82, 2.24) is 4.57 Å². The monoisotopic (exact) mass is 490 g/mol. The number of nitrogens with two attached hydrogens (primary N) is 1. The Morgan fingerprint density at radius 2 is 1.97 bits per heavy atom. The Kier molecular flexibility index (Phi) is 8.07. The number of nitrogens with zero attached hydrogens (tertiary/aromatic N) is 2. The number of carbonyl (C=O) groups excluding carboxylic acids is 1. The zero-order chi connectivity index (χ0) is 25.5. The van der Waals surface area contributed by atoms with Crippen LogP contribution in [0.25, 0.3) is 5.69 Å². The van der Waals surface area contributed by atoms with Crippen molar-refractivity contribution in [2.24, 2.45) is 5.73 Å². The van der Waals surface area contributed by atoms with Crippen molar-refractivity contribution in [2.75, 3.05) is 10.6 Å². The first kappa shape index (κ1) is 25.3. The highest BCUT2D eigenvalue weighted by atomic mass is 32.1. The van der Waals surface area contributed by atoms with Gasteiger partial charge in [-0.05, 0) is 48.9 Å². The van der Waals surface area contributed by atoms with Crippen molar-refractivity contribution in [3.8, 4) is 11.8 Å². The zero-order valence-corrected chi connectivity index (χ0v) is 19.6. The number of nitrogens with one attached hydrogen (secondary N) is 3. The maximum Gasteiger partial charge on any atom is 0.255 e. The molecule has 3 rings (SSSR count). The Hall–Kier alpha value is -4.36. The zero-order valence-electron chi connectivity index (χ0n) is 18.7. The fourth-order valence-corrected chi connectivity index (χ4v) is 3.65. The van der Waals surface area contributed by atoms with Crippen molar-refractivity contribution in [1.29, 1.82) is 10.7 Å². The molecule has 1 heterocycles. The number of thiol groups is 1. The van der Waals surface area contributed by atoms with E-state index >= 15 is 0 Å². The van der Waals surface area contributed by atoms with Crippen LogP contribution < -0.4 is 21.9 Å². The van der Waals surface area contributed by atoms with Gasteiger partial charge in [0.1, 0.15) is 17.9 Å². The third-order valence-corrected chi connectivity index (χ3v) is 5.23. The van der Waals surface area contributed by atoms with Gasteiger partial charge >= 0.3 is 0 Å². The molecular weight excluding hydrogens is 467 g/mol. The minimum Gasteiger partial charge on any atom is -0.371 e. The molecule has 0 fully saturated rings. The third-order valence-electron chi connectivity index (χ3n) is 4.99. The van der Waals surface area contributed by atoms with E-state index in [2.05, 4.69) is 23.3 Å². The van der Waals surface area contributed by atoms with E-state index in [0.717, 1.165) is 11.6 Å². The van der Waals surface area contributed by atoms with Crippen LogP contribution in [0.15, 0.2) is 76.7 Å². The smallest absolute Gasteiger partial charge is 0.255 e. The lowest BCUT2D eigenvalue weighted by Crippen LogP contribution is -2.37. The Labute approximate surface area is 206 Å². The summed E-state index contributed by atoms with van der Waals surface area (Å²) in [5, 5.41) is 22.8. The van der Waals surface area contributed by atoms with E-state index in [0.29, 0.717) is 5.69 Å². The van der Waals surface area contributed by atoms with Crippen LogP contribution in [0, 0.1) is 22.6 Å². The first-order valence-electron chi connectivity index (χ1n) is 10.5. The standard InChI is InChI=1S/C25H23FN6O2S/c1-15(28)10-23(35)31-20-13-21(19(26)12-17(20)14-27)30-22(25(29)34)11-16-5-7-18(8-6-16)32-9-3-2-4-24(32)33/h2-10,12-13,22,28,30-31,35H,11H2,1H3,(H2,29,34)/b23-10-,28-15?. The molecule has 5 N–H and O–H groups in total. The lowest BCUT2D eigenvalue weighted by atomic mass is 10.0. The molecule has 0 bridgehead atoms. The number of benzene rings is 2. The molecule has 10 heteroatoms. The molecule has 1 amide bonds. The van der Waals surface area contributed by atoms with Crippen LogP contribution in [-0.4, -0.2) is 22.2 Å². The van der Waals surface area contributed by atoms with Crippen LogP contribution in [0.4, 0.5) is 15.8 Å². The predicted octanol–water partition coefficient (Wildman–Crippen LogP) is 3.58. The van der Waals surface area contributed by atoms with Crippen molar-refractivity contribution in [3.63, 3.8) is 0 Å². The van der Waals surface area contributed by atoms with Crippen LogP contribution in [-0.2, 0) is 11.2 Å². The average Bonchev–Trinajstić information content (AvgIpc) is 2.80. The van der Waals surface area contributed by atoms with Gasteiger partial charge in [0.2, 0.25) is 5.91 Å². The third kappa shape index (κ3) is 6.59. The maximum atomic E-state index is 14.7. The summed E-state index contributed by atoms with van der Waals surface area (Å²) in [7, 11) is 0. The molecule has 178 valence electrons. The first-order chi connectivity index (χ1) is 16.7. The van der Waals surface area contributed by atoms with Crippen LogP contribution in [0.3, 0.4) is 0 Å². The number of hydrogen-bond acceptors (Lipinski definition) is 7. The van der Waals surface area contributed by atoms with Crippen LogP contribution in [0.2, 0.25) is 0 Å². The summed E-state index contributed by atoms with van der Waals surface area (Å²) >= 11 is 4.23. The molecular formula is C25H23FN6O2S. The molecule has 0 aliphatic carbocycles. The molecule has 1 unspecified atom stereocenters. The Morgan fingerprint density at radius 3 is 2.57 bits per heavy atom. The van der Waals surface area contributed by atoms with E-state index in [1.165, 1.54) is 22.8 Å². The summed E-state index contributed by atoms with van der Waals surface area (Å²) < 4.78 is 16.2. The number of pyridine rings is 1. The molecule has 0 spiro atoms. The normalized spacial score (nSPS) is 11.9. The number of amides is 1. The van der Waals surface area contributed by atoms with Gasteiger partial charge < -0.3 is 21.8 Å². The highest BCUT2D eigenvalue weighted by Gasteiger charge is 2.19. The Morgan fingerprint density at radius 1 is 1.26 bits per heavy atom. The van der Waals surface area contributed by atoms with Crippen molar-refractivity contribution < 1.29 is 9.18 Å². The molecule has 0 saturated heterocycles. The summed E-state index contributed by atoms with van der Waals surface area (Å²) in [6, 6.07) is 15.2. The minimum absolute atomic E-state index is 0.0259. The van der Waals surface area contributed by atoms with Gasteiger partial charge in [0.25, 0.3) is 5.56 Å². The minimum atomic E-state index is -0.953. The number of carbonyl (C=O) groups is 1. The van der Waals surface area contributed by atoms with Gasteiger partial charge in [-0.2, -0.15) is 5.26 Å². The van der Waals surface area contributed by atoms with E-state index in [-0.39, 0.29) is 39.7 Å². The second kappa shape index (κ2) is 11.2. The van der Waals surface area contributed by atoms with E-state index in [9.17, 15) is 19.2 Å². The van der Waals surface area contributed by atoms with Gasteiger partial charge in [0, 0.05) is 30.1 Å². The Balaban J connectivity index is 1.84. The summed E-state index contributed by atoms with van der Waals surface area (Å²) in [4.78, 5) is 24.2. The van der Waals surface area contributed by atoms with Crippen molar-refractivity contribution in [3.05, 3.63) is 99.2 Å². The van der Waals surface area contributed by atoms with Gasteiger partial charge in [-0.15, -0.1) is 12.6 Å². The highest BCUT2D eigenvalue weighted by molar-refractivity contribution is 7.84. The van der Waals surface area contributed by atoms with E-state index < -0.39 is 17.8 Å². The van der Waals surface area contributed by atoms with Gasteiger partial charge in [-0.3, -0.25) is 14.2 Å². The van der Waals surface area contributed by atoms with Gasteiger partial charge in [0.05, 0.1) is 22.0 Å². The second-order valence-corrected chi connectivity index (χ2v) is 8.19. The number of anilines is 2. The molecule has 0 radical (unpaired) electrons. The number of hydrogen-bond donors (Lipinski definition) is 5. The number of nitriles is 1. The lowest BCUT2D eigenvalue weighted by molar-refractivity contribution is -0.118. The molecule has 2 aromatic carbocycles. The fourth-order valence-electron chi connectivity index (χ4n) is 3.34. The number of allylic oxidation sites excluding steroid dienone is 1. The average molecular weight is 491 g/mol. The van der Waals surface area contributed by atoms with Crippen LogP contribution >= 0.6 is 12.6 Å². The Bertz CT molecular complexity index is 1390. The summed E-state index contributed by atoms with van der Waals surface area (Å²) in [6.07, 6.45) is 3.24. The molecule has 1 aromatic heterocycles. The van der Waals surface area contributed by atoms with Gasteiger partial charge in [0.15, 0.2) is 0 Å². The molecule has 0 aliphatic heterocycles. The van der Waals surface area contributed by atoms with E-state index in [1.54, 1.807) is 49.5 Å². The highest BCUT2D eigenvalue weighted by Crippen LogP contribution is 2.27. The molecule has 8 nitrogen and oxygen atoms in total. The lowest BCUT2D eigenvalue weighted by Gasteiger charge is -2.19. The van der Waals surface area contributed by atoms with Crippen molar-refractivity contribution >= 4 is 35.6 Å². The maximum absolute atomic E-state index is 14.7. The predicted molar refractivity (Wildman–Crippen MR) is 138 cm³/mol. The van der Waals surface area contributed by atoms with Crippen LogP contribution in [0.1, 0.15) is 18.1 Å². The molecule has 0 aliphatic rings. The number of aromatic nitrogens is 1. The number of rotatable bonds is 9. The molecule has 35 heavy (non-hydrogen) atoms. The summed E-state index contributed by atoms with van der Waals surface area (Å²) in [5.74, 6) is -1.43. The molecule has 0 saturated carbocycles. The van der Waals surface area contributed by atoms with E-state index in [4.69, 9.17) is 11.1 Å². The van der Waals surface area contributed by atoms with Crippen LogP contribution in [0.5, 0.6) is 0 Å². The number of primary amides is 1. The second-order valence-electron chi connectivity index (χ2n) is 7.71. The summed E-state index contributed by atoms with van der Waals surface area (Å²) in [6.45, 7) is 1.56. The topological polar surface area (TPSA) is 137 Å². The SMILES string of the molecule is CC(=N)/C=C(\S)Nc1cc(NC(Cc2ccc(-n3ccccc3=O)cc2)C(N)=O)c(F)cc1C#N. The molecule has 1 atom stereocenters. The fraction of sp³-hybridized carbons (Fsp3) is 0.120. The summed E-state index contributed by atoms with van der Waals surface area (Å²) in [5.41, 5.74) is 7.27.